The third-order valence-electron chi connectivity index (χ3n) is 4.31. The Morgan fingerprint density at radius 2 is 1.57 bits per heavy atom. The molecule has 3 N–H and O–H groups in total. The summed E-state index contributed by atoms with van der Waals surface area (Å²) < 4.78 is 0. The van der Waals surface area contributed by atoms with E-state index in [-0.39, 0.29) is 11.9 Å². The minimum Gasteiger partial charge on any atom is -0.348 e. The minimum absolute atomic E-state index is 0.156. The summed E-state index contributed by atoms with van der Waals surface area (Å²) in [5, 5.41) is 8.43. The molecule has 0 fully saturated rings. The first-order chi connectivity index (χ1) is 13.6. The van der Waals surface area contributed by atoms with Gasteiger partial charge in [0.1, 0.15) is 0 Å². The largest absolute Gasteiger partial charge is 0.348 e. The molecule has 0 saturated carbocycles. The van der Waals surface area contributed by atoms with E-state index < -0.39 is 0 Å². The molecule has 0 radical (unpaired) electrons. The Morgan fingerprint density at radius 1 is 0.857 bits per heavy atom. The van der Waals surface area contributed by atoms with E-state index in [0.717, 1.165) is 16.7 Å². The number of hydrogen-bond donors (Lipinski definition) is 3. The number of urea groups is 1. The first-order valence-electron chi connectivity index (χ1n) is 8.98. The average Bonchev–Trinajstić information content (AvgIpc) is 2.73. The molecule has 0 aliphatic rings. The van der Waals surface area contributed by atoms with Crippen LogP contribution in [0, 0.1) is 6.92 Å². The van der Waals surface area contributed by atoms with Gasteiger partial charge in [0.2, 0.25) is 0 Å². The van der Waals surface area contributed by atoms with Crippen LogP contribution in [0.25, 0.3) is 0 Å². The monoisotopic (exact) mass is 374 g/mol. The summed E-state index contributed by atoms with van der Waals surface area (Å²) in [5.74, 6) is -0.156. The second-order valence-electron chi connectivity index (χ2n) is 6.35. The number of nitrogens with zero attached hydrogens (tertiary/aromatic N) is 1. The average molecular weight is 374 g/mol. The zero-order chi connectivity index (χ0) is 19.8. The maximum absolute atomic E-state index is 12.3. The van der Waals surface area contributed by atoms with E-state index in [1.54, 1.807) is 36.7 Å². The van der Waals surface area contributed by atoms with Crippen molar-refractivity contribution < 1.29 is 9.59 Å². The van der Waals surface area contributed by atoms with Crippen LogP contribution in [0.5, 0.6) is 0 Å². The summed E-state index contributed by atoms with van der Waals surface area (Å²) in [6.07, 6.45) is 3.36. The topological polar surface area (TPSA) is 83.1 Å². The van der Waals surface area contributed by atoms with E-state index in [9.17, 15) is 9.59 Å². The summed E-state index contributed by atoms with van der Waals surface area (Å²) in [6, 6.07) is 18.1. The molecule has 3 aromatic rings. The maximum atomic E-state index is 12.3. The molecular formula is C22H22N4O2. The van der Waals surface area contributed by atoms with Crippen LogP contribution in [0.2, 0.25) is 0 Å². The molecule has 0 aliphatic heterocycles. The molecule has 28 heavy (non-hydrogen) atoms. The van der Waals surface area contributed by atoms with E-state index in [4.69, 9.17) is 0 Å². The molecule has 1 heterocycles. The Morgan fingerprint density at radius 3 is 2.29 bits per heavy atom. The summed E-state index contributed by atoms with van der Waals surface area (Å²) >= 11 is 0. The van der Waals surface area contributed by atoms with Crippen LogP contribution >= 0.6 is 0 Å². The standard InChI is InChI=1S/C22H22N4O2/c1-16-4-2-3-5-19(16)15-24-21(27)18-6-8-20(9-7-18)26-22(28)25-14-17-10-12-23-13-11-17/h2-13H,14-15H2,1H3,(H,24,27)(H2,25,26,28). The van der Waals surface area contributed by atoms with Crippen molar-refractivity contribution in [1.82, 2.24) is 15.6 Å². The van der Waals surface area contributed by atoms with Gasteiger partial charge in [0.25, 0.3) is 5.91 Å². The highest BCUT2D eigenvalue weighted by molar-refractivity contribution is 5.95. The maximum Gasteiger partial charge on any atom is 0.319 e. The van der Waals surface area contributed by atoms with Crippen molar-refractivity contribution in [3.8, 4) is 0 Å². The van der Waals surface area contributed by atoms with E-state index >= 15 is 0 Å². The summed E-state index contributed by atoms with van der Waals surface area (Å²) in [5.41, 5.74) is 4.34. The first kappa shape index (κ1) is 19.1. The molecule has 0 saturated heterocycles. The molecule has 3 rings (SSSR count). The molecule has 0 unspecified atom stereocenters. The fourth-order valence-electron chi connectivity index (χ4n) is 2.65. The zero-order valence-corrected chi connectivity index (χ0v) is 15.6. The quantitative estimate of drug-likeness (QED) is 0.616. The molecule has 0 atom stereocenters. The Balaban J connectivity index is 1.49. The van der Waals surface area contributed by atoms with Gasteiger partial charge in [0.05, 0.1) is 0 Å². The van der Waals surface area contributed by atoms with E-state index in [2.05, 4.69) is 20.9 Å². The van der Waals surface area contributed by atoms with Crippen molar-refractivity contribution >= 4 is 17.6 Å². The van der Waals surface area contributed by atoms with Crippen molar-refractivity contribution in [3.05, 3.63) is 95.3 Å². The predicted molar refractivity (Wildman–Crippen MR) is 109 cm³/mol. The highest BCUT2D eigenvalue weighted by Gasteiger charge is 2.07. The molecule has 6 heteroatoms. The van der Waals surface area contributed by atoms with Crippen LogP contribution < -0.4 is 16.0 Å². The molecule has 2 aromatic carbocycles. The van der Waals surface area contributed by atoms with Crippen LogP contribution in [-0.2, 0) is 13.1 Å². The van der Waals surface area contributed by atoms with Crippen LogP contribution in [-0.4, -0.2) is 16.9 Å². The fourth-order valence-corrected chi connectivity index (χ4v) is 2.65. The van der Waals surface area contributed by atoms with Gasteiger partial charge < -0.3 is 16.0 Å². The van der Waals surface area contributed by atoms with Gasteiger partial charge in [-0.3, -0.25) is 9.78 Å². The number of nitrogens with one attached hydrogen (secondary N) is 3. The summed E-state index contributed by atoms with van der Waals surface area (Å²) in [7, 11) is 0. The second kappa shape index (κ2) is 9.32. The molecule has 6 nitrogen and oxygen atoms in total. The van der Waals surface area contributed by atoms with Gasteiger partial charge in [0.15, 0.2) is 0 Å². The Hall–Kier alpha value is -3.67. The van der Waals surface area contributed by atoms with Crippen molar-refractivity contribution in [1.29, 1.82) is 0 Å². The normalized spacial score (nSPS) is 10.2. The Bertz CT molecular complexity index is 940. The summed E-state index contributed by atoms with van der Waals surface area (Å²) in [4.78, 5) is 28.2. The number of aryl methyl sites for hydroxylation is 1. The number of benzene rings is 2. The van der Waals surface area contributed by atoms with Gasteiger partial charge in [0, 0.05) is 36.7 Å². The van der Waals surface area contributed by atoms with Gasteiger partial charge in [-0.25, -0.2) is 4.79 Å². The number of amides is 3. The Kier molecular flexibility index (Phi) is 6.36. The smallest absolute Gasteiger partial charge is 0.319 e. The van der Waals surface area contributed by atoms with Crippen LogP contribution in [0.1, 0.15) is 27.0 Å². The molecule has 0 aliphatic carbocycles. The third kappa shape index (κ3) is 5.41. The first-order valence-corrected chi connectivity index (χ1v) is 8.98. The van der Waals surface area contributed by atoms with Gasteiger partial charge >= 0.3 is 6.03 Å². The molecule has 0 bridgehead atoms. The highest BCUT2D eigenvalue weighted by atomic mass is 16.2. The number of rotatable bonds is 6. The van der Waals surface area contributed by atoms with Crippen LogP contribution in [0.15, 0.2) is 73.1 Å². The molecule has 1 aromatic heterocycles. The zero-order valence-electron chi connectivity index (χ0n) is 15.6. The summed E-state index contributed by atoms with van der Waals surface area (Å²) in [6.45, 7) is 2.90. The SMILES string of the molecule is Cc1ccccc1CNC(=O)c1ccc(NC(=O)NCc2ccncc2)cc1. The van der Waals surface area contributed by atoms with Gasteiger partial charge in [-0.05, 0) is 60.0 Å². The molecule has 0 spiro atoms. The van der Waals surface area contributed by atoms with Crippen LogP contribution in [0.3, 0.4) is 0 Å². The number of anilines is 1. The van der Waals surface area contributed by atoms with E-state index in [1.807, 2.05) is 43.3 Å². The van der Waals surface area contributed by atoms with Crippen molar-refractivity contribution in [2.45, 2.75) is 20.0 Å². The predicted octanol–water partition coefficient (Wildman–Crippen LogP) is 3.64. The minimum atomic E-state index is -0.312. The Labute approximate surface area is 164 Å². The van der Waals surface area contributed by atoms with Crippen LogP contribution in [0.4, 0.5) is 10.5 Å². The number of carbonyl (C=O) groups excluding carboxylic acids is 2. The van der Waals surface area contributed by atoms with Crippen molar-refractivity contribution in [2.75, 3.05) is 5.32 Å². The number of aromatic nitrogens is 1. The molecule has 142 valence electrons. The van der Waals surface area contributed by atoms with Gasteiger partial charge in [-0.1, -0.05) is 24.3 Å². The lowest BCUT2D eigenvalue weighted by Crippen LogP contribution is -2.28. The van der Waals surface area contributed by atoms with Gasteiger partial charge in [-0.2, -0.15) is 0 Å². The second-order valence-corrected chi connectivity index (χ2v) is 6.35. The lowest BCUT2D eigenvalue weighted by Gasteiger charge is -2.10. The highest BCUT2D eigenvalue weighted by Crippen LogP contribution is 2.11. The van der Waals surface area contributed by atoms with Crippen molar-refractivity contribution in [2.24, 2.45) is 0 Å². The number of pyridine rings is 1. The number of carbonyl (C=O) groups is 2. The third-order valence-corrected chi connectivity index (χ3v) is 4.31. The van der Waals surface area contributed by atoms with Gasteiger partial charge in [-0.15, -0.1) is 0 Å². The van der Waals surface area contributed by atoms with E-state index in [1.165, 1.54) is 0 Å². The lowest BCUT2D eigenvalue weighted by molar-refractivity contribution is 0.0951. The fraction of sp³-hybridized carbons (Fsp3) is 0.136. The van der Waals surface area contributed by atoms with Crippen molar-refractivity contribution in [3.63, 3.8) is 0 Å². The molecular weight excluding hydrogens is 352 g/mol. The van der Waals surface area contributed by atoms with E-state index in [0.29, 0.717) is 24.3 Å². The lowest BCUT2D eigenvalue weighted by atomic mass is 10.1. The molecule has 3 amide bonds. The number of hydrogen-bond acceptors (Lipinski definition) is 3.